The third-order valence-electron chi connectivity index (χ3n) is 6.62. The summed E-state index contributed by atoms with van der Waals surface area (Å²) in [5, 5.41) is 8.00. The molecule has 10 heteroatoms. The second kappa shape index (κ2) is 10.6. The second-order valence-corrected chi connectivity index (χ2v) is 11.0. The fourth-order valence-electron chi connectivity index (χ4n) is 4.66. The molecule has 0 saturated carbocycles. The van der Waals surface area contributed by atoms with Crippen molar-refractivity contribution in [2.45, 2.75) is 38.8 Å². The van der Waals surface area contributed by atoms with Crippen LogP contribution in [0.3, 0.4) is 0 Å². The van der Waals surface area contributed by atoms with E-state index in [1.165, 1.54) is 0 Å². The molecular formula is C29H31ClN6O3. The molecule has 9 nitrogen and oxygen atoms in total. The van der Waals surface area contributed by atoms with E-state index in [0.717, 1.165) is 29.8 Å². The van der Waals surface area contributed by atoms with Crippen molar-refractivity contribution in [1.29, 1.82) is 0 Å². The van der Waals surface area contributed by atoms with Crippen LogP contribution in [-0.4, -0.2) is 63.3 Å². The molecule has 0 radical (unpaired) electrons. The number of hydrogen-bond donors (Lipinski definition) is 1. The smallest absolute Gasteiger partial charge is 0.410 e. The zero-order valence-electron chi connectivity index (χ0n) is 22.4. The lowest BCUT2D eigenvalue weighted by molar-refractivity contribution is 0.0238. The van der Waals surface area contributed by atoms with Crippen molar-refractivity contribution < 1.29 is 14.3 Å². The number of benzene rings is 2. The normalized spacial score (nSPS) is 15.4. The zero-order chi connectivity index (χ0) is 27.7. The molecule has 1 fully saturated rings. The van der Waals surface area contributed by atoms with Crippen molar-refractivity contribution in [3.8, 4) is 11.1 Å². The lowest BCUT2D eigenvalue weighted by atomic mass is 10.1. The van der Waals surface area contributed by atoms with Crippen LogP contribution in [0, 0.1) is 0 Å². The van der Waals surface area contributed by atoms with Crippen LogP contribution >= 0.6 is 11.6 Å². The van der Waals surface area contributed by atoms with E-state index in [1.807, 2.05) is 63.2 Å². The second-order valence-electron chi connectivity index (χ2n) is 10.6. The largest absolute Gasteiger partial charge is 0.444 e. The minimum Gasteiger partial charge on any atom is -0.444 e. The number of likely N-dealkylation sites (N-methyl/N-ethyl adjacent to an activating group) is 1. The van der Waals surface area contributed by atoms with E-state index >= 15 is 0 Å². The molecule has 1 aliphatic rings. The van der Waals surface area contributed by atoms with E-state index in [-0.39, 0.29) is 23.7 Å². The van der Waals surface area contributed by atoms with E-state index in [0.29, 0.717) is 22.9 Å². The molecule has 0 bridgehead atoms. The maximum atomic E-state index is 13.3. The first kappa shape index (κ1) is 26.5. The number of rotatable bonds is 5. The Morgan fingerprint density at radius 2 is 1.92 bits per heavy atom. The summed E-state index contributed by atoms with van der Waals surface area (Å²) in [6.07, 6.45) is 3.89. The molecule has 0 spiro atoms. The summed E-state index contributed by atoms with van der Waals surface area (Å²) >= 11 is 6.18. The number of ether oxygens (including phenoxy) is 1. The Morgan fingerprint density at radius 1 is 1.13 bits per heavy atom. The van der Waals surface area contributed by atoms with Gasteiger partial charge in [0, 0.05) is 36.9 Å². The third-order valence-corrected chi connectivity index (χ3v) is 6.86. The first-order valence-corrected chi connectivity index (χ1v) is 13.2. The molecule has 0 unspecified atom stereocenters. The molecule has 1 N–H and O–H groups in total. The van der Waals surface area contributed by atoms with Gasteiger partial charge in [-0.05, 0) is 63.1 Å². The van der Waals surface area contributed by atoms with Crippen LogP contribution in [0.15, 0.2) is 67.0 Å². The van der Waals surface area contributed by atoms with Gasteiger partial charge in [-0.2, -0.15) is 5.10 Å². The van der Waals surface area contributed by atoms with Crippen molar-refractivity contribution in [1.82, 2.24) is 19.5 Å². The Labute approximate surface area is 232 Å². The van der Waals surface area contributed by atoms with Crippen LogP contribution in [0.4, 0.5) is 16.2 Å². The number of fused-ring (bicyclic) bond motifs is 1. The summed E-state index contributed by atoms with van der Waals surface area (Å²) in [5.74, 6) is -0.329. The maximum Gasteiger partial charge on any atom is 0.410 e. The van der Waals surface area contributed by atoms with Gasteiger partial charge in [-0.25, -0.2) is 14.3 Å². The van der Waals surface area contributed by atoms with Crippen molar-refractivity contribution >= 4 is 40.6 Å². The van der Waals surface area contributed by atoms with Crippen LogP contribution in [-0.2, 0) is 4.74 Å². The molecule has 0 aliphatic carbocycles. The van der Waals surface area contributed by atoms with Crippen molar-refractivity contribution in [3.63, 3.8) is 0 Å². The Balaban J connectivity index is 1.33. The van der Waals surface area contributed by atoms with Crippen LogP contribution in [0.5, 0.6) is 0 Å². The minimum atomic E-state index is -0.552. The molecule has 1 atom stereocenters. The molecule has 2 amide bonds. The van der Waals surface area contributed by atoms with E-state index < -0.39 is 5.60 Å². The Kier molecular flexibility index (Phi) is 7.18. The highest BCUT2D eigenvalue weighted by Crippen LogP contribution is 2.31. The van der Waals surface area contributed by atoms with E-state index in [2.05, 4.69) is 20.3 Å². The zero-order valence-corrected chi connectivity index (χ0v) is 23.1. The van der Waals surface area contributed by atoms with Gasteiger partial charge in [0.05, 0.1) is 23.6 Å². The van der Waals surface area contributed by atoms with Gasteiger partial charge < -0.3 is 19.9 Å². The summed E-state index contributed by atoms with van der Waals surface area (Å²) < 4.78 is 7.17. The molecular weight excluding hydrogens is 516 g/mol. The minimum absolute atomic E-state index is 0.000502. The van der Waals surface area contributed by atoms with Gasteiger partial charge >= 0.3 is 6.09 Å². The molecule has 1 saturated heterocycles. The van der Waals surface area contributed by atoms with Crippen molar-refractivity contribution in [3.05, 3.63) is 77.7 Å². The number of carbonyl (C=O) groups excluding carboxylic acids is 2. The fraction of sp³-hybridized carbons (Fsp3) is 0.310. The Hall–Kier alpha value is -4.11. The maximum absolute atomic E-state index is 13.3. The van der Waals surface area contributed by atoms with Gasteiger partial charge in [-0.1, -0.05) is 35.9 Å². The molecule has 5 rings (SSSR count). The SMILES string of the molecule is CN(C(=O)OC(C)(C)C)[C@H]1CCN(c2ccccc2NC(=O)c2ccn3ncc(-c4cccc(Cl)c4)c3n2)C1. The lowest BCUT2D eigenvalue weighted by Crippen LogP contribution is -2.42. The van der Waals surface area contributed by atoms with Crippen LogP contribution in [0.1, 0.15) is 37.7 Å². The van der Waals surface area contributed by atoms with E-state index in [1.54, 1.807) is 41.0 Å². The van der Waals surface area contributed by atoms with Crippen molar-refractivity contribution in [2.24, 2.45) is 0 Å². The molecule has 202 valence electrons. The summed E-state index contributed by atoms with van der Waals surface area (Å²) in [6, 6.07) is 16.7. The Morgan fingerprint density at radius 3 is 2.69 bits per heavy atom. The van der Waals surface area contributed by atoms with Gasteiger partial charge in [0.25, 0.3) is 5.91 Å². The first-order valence-electron chi connectivity index (χ1n) is 12.8. The van der Waals surface area contributed by atoms with Crippen LogP contribution in [0.25, 0.3) is 16.8 Å². The average molecular weight is 547 g/mol. The quantitative estimate of drug-likeness (QED) is 0.343. The van der Waals surface area contributed by atoms with Gasteiger partial charge in [0.2, 0.25) is 0 Å². The molecule has 2 aromatic carbocycles. The van der Waals surface area contributed by atoms with Gasteiger partial charge in [-0.3, -0.25) is 4.79 Å². The first-order chi connectivity index (χ1) is 18.6. The third kappa shape index (κ3) is 5.83. The molecule has 39 heavy (non-hydrogen) atoms. The highest BCUT2D eigenvalue weighted by molar-refractivity contribution is 6.30. The number of amides is 2. The van der Waals surface area contributed by atoms with Gasteiger partial charge in [0.15, 0.2) is 5.65 Å². The topological polar surface area (TPSA) is 92.1 Å². The number of aromatic nitrogens is 3. The fourth-order valence-corrected chi connectivity index (χ4v) is 4.85. The number of para-hydroxylation sites is 2. The number of nitrogens with one attached hydrogen (secondary N) is 1. The monoisotopic (exact) mass is 546 g/mol. The van der Waals surface area contributed by atoms with E-state index in [9.17, 15) is 9.59 Å². The standard InChI is InChI=1S/C29H31ClN6O3/c1-29(2,3)39-28(38)34(4)21-12-14-35(18-21)25-11-6-5-10-23(25)33-27(37)24-13-15-36-26(32-24)22(17-31-36)19-8-7-9-20(30)16-19/h5-11,13,15-17,21H,12,14,18H2,1-4H3,(H,33,37)/t21-/m0/s1. The van der Waals surface area contributed by atoms with Crippen molar-refractivity contribution in [2.75, 3.05) is 30.4 Å². The van der Waals surface area contributed by atoms with E-state index in [4.69, 9.17) is 16.3 Å². The summed E-state index contributed by atoms with van der Waals surface area (Å²) in [7, 11) is 1.77. The average Bonchev–Trinajstić information content (AvgIpc) is 3.55. The van der Waals surface area contributed by atoms with Gasteiger partial charge in [0.1, 0.15) is 11.3 Å². The molecule has 3 heterocycles. The number of carbonyl (C=O) groups is 2. The summed E-state index contributed by atoms with van der Waals surface area (Å²) in [4.78, 5) is 34.4. The summed E-state index contributed by atoms with van der Waals surface area (Å²) in [5.41, 5.74) is 3.49. The number of nitrogens with zero attached hydrogens (tertiary/aromatic N) is 5. The predicted molar refractivity (Wildman–Crippen MR) is 152 cm³/mol. The molecule has 1 aliphatic heterocycles. The number of anilines is 2. The molecule has 4 aromatic rings. The summed E-state index contributed by atoms with van der Waals surface area (Å²) in [6.45, 7) is 6.95. The molecule has 2 aromatic heterocycles. The number of halogens is 1. The number of hydrogen-bond acceptors (Lipinski definition) is 6. The van der Waals surface area contributed by atoms with Gasteiger partial charge in [-0.15, -0.1) is 0 Å². The van der Waals surface area contributed by atoms with Crippen LogP contribution < -0.4 is 10.2 Å². The highest BCUT2D eigenvalue weighted by atomic mass is 35.5. The van der Waals surface area contributed by atoms with Crippen LogP contribution in [0.2, 0.25) is 5.02 Å². The highest BCUT2D eigenvalue weighted by Gasteiger charge is 2.32. The lowest BCUT2D eigenvalue weighted by Gasteiger charge is -2.29. The predicted octanol–water partition coefficient (Wildman–Crippen LogP) is 5.75. The Bertz CT molecular complexity index is 1530.